The van der Waals surface area contributed by atoms with Crippen molar-refractivity contribution in [2.75, 3.05) is 19.1 Å². The molecule has 6 heteroatoms. The van der Waals surface area contributed by atoms with E-state index in [1.807, 2.05) is 11.8 Å². The highest BCUT2D eigenvalue weighted by atomic mass is 32.2. The molecule has 3 rings (SSSR count). The van der Waals surface area contributed by atoms with E-state index in [0.717, 1.165) is 70.6 Å². The number of methoxy groups -OCH3 is 1. The molecule has 1 aliphatic heterocycles. The van der Waals surface area contributed by atoms with Gasteiger partial charge in [0.25, 0.3) is 0 Å². The Balaban J connectivity index is 2.05. The number of aliphatic hydroxyl groups is 1. The average Bonchev–Trinajstić information content (AvgIpc) is 2.83. The third kappa shape index (κ3) is 4.92. The van der Waals surface area contributed by atoms with E-state index in [9.17, 15) is 13.5 Å². The fourth-order valence-electron chi connectivity index (χ4n) is 7.03. The molecule has 4 nitrogen and oxygen atoms in total. The third-order valence-corrected chi connectivity index (χ3v) is 12.4. The second-order valence-electron chi connectivity index (χ2n) is 10.3. The molecule has 0 aromatic heterocycles. The Bertz CT molecular complexity index is 652. The van der Waals surface area contributed by atoms with Gasteiger partial charge in [-0.2, -0.15) is 11.8 Å². The highest BCUT2D eigenvalue weighted by Gasteiger charge is 2.56. The maximum absolute atomic E-state index is 13.7. The summed E-state index contributed by atoms with van der Waals surface area (Å²) in [5.74, 6) is 0.719. The Morgan fingerprint density at radius 2 is 1.90 bits per heavy atom. The first-order valence-corrected chi connectivity index (χ1v) is 15.3. The summed E-state index contributed by atoms with van der Waals surface area (Å²) in [4.78, 5) is 0. The van der Waals surface area contributed by atoms with E-state index in [1.54, 1.807) is 7.11 Å². The van der Waals surface area contributed by atoms with Gasteiger partial charge in [-0.15, -0.1) is 0 Å². The summed E-state index contributed by atoms with van der Waals surface area (Å²) in [6.45, 7) is 4.26. The van der Waals surface area contributed by atoms with Crippen LogP contribution in [0.4, 0.5) is 0 Å². The fourth-order valence-corrected chi connectivity index (χ4v) is 10.7. The zero-order valence-electron chi connectivity index (χ0n) is 19.5. The van der Waals surface area contributed by atoms with Gasteiger partial charge in [0.05, 0.1) is 23.2 Å². The molecule has 1 saturated heterocycles. The molecule has 3 aliphatic rings. The van der Waals surface area contributed by atoms with Crippen LogP contribution in [0.25, 0.3) is 0 Å². The second kappa shape index (κ2) is 10.4. The normalized spacial score (nSPS) is 44.2. The molecule has 0 bridgehead atoms. The number of aliphatic hydroxyl groups excluding tert-OH is 1. The van der Waals surface area contributed by atoms with E-state index < -0.39 is 21.4 Å². The van der Waals surface area contributed by atoms with Gasteiger partial charge in [0.2, 0.25) is 0 Å². The third-order valence-electron chi connectivity index (χ3n) is 8.83. The lowest BCUT2D eigenvalue weighted by Gasteiger charge is -2.47. The zero-order chi connectivity index (χ0) is 21.9. The maximum Gasteiger partial charge on any atom is 0.154 e. The highest BCUT2D eigenvalue weighted by Crippen LogP contribution is 2.53. The fraction of sp³-hybridized carbons (Fsp3) is 1.00. The Labute approximate surface area is 189 Å². The maximum atomic E-state index is 13.7. The van der Waals surface area contributed by atoms with Crippen molar-refractivity contribution in [3.63, 3.8) is 0 Å². The Morgan fingerprint density at radius 3 is 2.53 bits per heavy atom. The monoisotopic (exact) mass is 460 g/mol. The van der Waals surface area contributed by atoms with E-state index in [4.69, 9.17) is 4.74 Å². The first kappa shape index (κ1) is 24.9. The van der Waals surface area contributed by atoms with Gasteiger partial charge in [0, 0.05) is 17.8 Å². The molecular formula is C24H44O4S2. The number of hydrogen-bond donors (Lipinski definition) is 1. The lowest BCUT2D eigenvalue weighted by molar-refractivity contribution is -0.0760. The highest BCUT2D eigenvalue weighted by molar-refractivity contribution is 7.99. The number of unbranched alkanes of at least 4 members (excludes halogenated alkanes) is 1. The molecule has 5 unspecified atom stereocenters. The molecule has 0 aromatic carbocycles. The molecular weight excluding hydrogens is 416 g/mol. The number of sulfone groups is 1. The summed E-state index contributed by atoms with van der Waals surface area (Å²) in [6.07, 6.45) is 12.5. The summed E-state index contributed by atoms with van der Waals surface area (Å²) in [7, 11) is -1.43. The first-order chi connectivity index (χ1) is 14.3. The van der Waals surface area contributed by atoms with Crippen LogP contribution in [0.5, 0.6) is 0 Å². The van der Waals surface area contributed by atoms with Crippen molar-refractivity contribution in [1.29, 1.82) is 0 Å². The molecule has 0 radical (unpaired) electrons. The lowest BCUT2D eigenvalue weighted by atomic mass is 9.60. The quantitative estimate of drug-likeness (QED) is 0.574. The van der Waals surface area contributed by atoms with E-state index in [0.29, 0.717) is 11.2 Å². The standard InChI is InChI=1S/C24H44O4S2/c1-5-7-13-24(6-2)16-30(26,27)21-12-11-19(29-4)15-20(21)22(23(24)25)17-9-8-10-18(14-17)28-3/h17-23,25H,5-16H2,1-4H3/t17?,18?,19?,20?,21?,22-,23-,24+/m0/s1. The minimum absolute atomic E-state index is 0.0805. The van der Waals surface area contributed by atoms with Crippen LogP contribution in [-0.2, 0) is 14.6 Å². The van der Waals surface area contributed by atoms with Gasteiger partial charge in [-0.3, -0.25) is 0 Å². The van der Waals surface area contributed by atoms with Crippen molar-refractivity contribution in [2.24, 2.45) is 23.2 Å². The van der Waals surface area contributed by atoms with Gasteiger partial charge in [0.15, 0.2) is 9.84 Å². The SMILES string of the molecule is CCCC[C@]1(CC)CS(=O)(=O)C2CCC(SC)CC2[C@H](C2CCCC(OC)C2)[C@@H]1O. The van der Waals surface area contributed by atoms with Crippen LogP contribution in [0, 0.1) is 23.2 Å². The van der Waals surface area contributed by atoms with Crippen molar-refractivity contribution in [2.45, 2.75) is 107 Å². The number of fused-ring (bicyclic) bond motifs is 1. The molecule has 3 fully saturated rings. The van der Waals surface area contributed by atoms with Crippen LogP contribution in [0.15, 0.2) is 0 Å². The van der Waals surface area contributed by atoms with Gasteiger partial charge in [0.1, 0.15) is 0 Å². The summed E-state index contributed by atoms with van der Waals surface area (Å²) in [5, 5.41) is 12.3. The van der Waals surface area contributed by atoms with Crippen LogP contribution in [0.3, 0.4) is 0 Å². The smallest absolute Gasteiger partial charge is 0.154 e. The summed E-state index contributed by atoms with van der Waals surface area (Å²) in [6, 6.07) is 0. The zero-order valence-corrected chi connectivity index (χ0v) is 21.1. The van der Waals surface area contributed by atoms with Crippen molar-refractivity contribution in [1.82, 2.24) is 0 Å². The van der Waals surface area contributed by atoms with Crippen LogP contribution in [0.1, 0.15) is 84.5 Å². The van der Waals surface area contributed by atoms with E-state index in [-0.39, 0.29) is 28.9 Å². The van der Waals surface area contributed by atoms with Gasteiger partial charge in [-0.1, -0.05) is 33.1 Å². The number of thioether (sulfide) groups is 1. The van der Waals surface area contributed by atoms with Crippen molar-refractivity contribution in [3.8, 4) is 0 Å². The van der Waals surface area contributed by atoms with E-state index in [2.05, 4.69) is 20.1 Å². The molecule has 8 atom stereocenters. The molecule has 2 saturated carbocycles. The number of ether oxygens (including phenoxy) is 1. The Morgan fingerprint density at radius 1 is 1.13 bits per heavy atom. The predicted molar refractivity (Wildman–Crippen MR) is 127 cm³/mol. The minimum Gasteiger partial charge on any atom is -0.392 e. The first-order valence-electron chi connectivity index (χ1n) is 12.3. The molecule has 1 N–H and O–H groups in total. The van der Waals surface area contributed by atoms with Gasteiger partial charge >= 0.3 is 0 Å². The molecule has 30 heavy (non-hydrogen) atoms. The Hall–Kier alpha value is 0.220. The van der Waals surface area contributed by atoms with Gasteiger partial charge in [-0.05, 0) is 75.4 Å². The van der Waals surface area contributed by atoms with Crippen molar-refractivity contribution < 1.29 is 18.3 Å². The topological polar surface area (TPSA) is 63.6 Å². The molecule has 2 aliphatic carbocycles. The van der Waals surface area contributed by atoms with E-state index in [1.165, 1.54) is 0 Å². The molecule has 176 valence electrons. The summed E-state index contributed by atoms with van der Waals surface area (Å²) >= 11 is 1.88. The predicted octanol–water partition coefficient (Wildman–Crippen LogP) is 5.08. The largest absolute Gasteiger partial charge is 0.392 e. The molecule has 0 spiro atoms. The van der Waals surface area contributed by atoms with Crippen LogP contribution in [-0.4, -0.2) is 55.4 Å². The van der Waals surface area contributed by atoms with Crippen LogP contribution < -0.4 is 0 Å². The number of rotatable bonds is 7. The van der Waals surface area contributed by atoms with Crippen molar-refractivity contribution in [3.05, 3.63) is 0 Å². The minimum atomic E-state index is -3.23. The average molecular weight is 461 g/mol. The summed E-state index contributed by atoms with van der Waals surface area (Å²) < 4.78 is 33.2. The van der Waals surface area contributed by atoms with Gasteiger partial charge < -0.3 is 9.84 Å². The van der Waals surface area contributed by atoms with Crippen molar-refractivity contribution >= 4 is 21.6 Å². The van der Waals surface area contributed by atoms with E-state index >= 15 is 0 Å². The lowest BCUT2D eigenvalue weighted by Crippen LogP contribution is -2.49. The second-order valence-corrected chi connectivity index (χ2v) is 13.7. The van der Waals surface area contributed by atoms with Crippen LogP contribution >= 0.6 is 11.8 Å². The summed E-state index contributed by atoms with van der Waals surface area (Å²) in [5.41, 5.74) is -0.494. The number of hydrogen-bond acceptors (Lipinski definition) is 5. The molecule has 1 heterocycles. The van der Waals surface area contributed by atoms with Crippen LogP contribution in [0.2, 0.25) is 0 Å². The van der Waals surface area contributed by atoms with Gasteiger partial charge in [-0.25, -0.2) is 8.42 Å². The molecule has 0 aromatic rings. The Kier molecular flexibility index (Phi) is 8.65. The molecule has 0 amide bonds.